The topological polar surface area (TPSA) is 77.3 Å². The third-order valence-electron chi connectivity index (χ3n) is 15.5. The smallest absolute Gasteiger partial charge is 0.343 e. The molecule has 6 aromatic heterocycles. The summed E-state index contributed by atoms with van der Waals surface area (Å²) in [5, 5.41) is 12.5. The Balaban J connectivity index is 0.00000541. The van der Waals surface area contributed by atoms with Crippen molar-refractivity contribution in [2.45, 2.75) is 0 Å². The SMILES string of the molecule is [Ir+3].[c-]1cc(-c2ccccc2-c2cc(-c3ccccc3-c3c[c-]c4c5ncccc5c5ccccc5c4n3)cc(-c3ccccc3-c3c[c-]c4c5ncccc5c5ccccc5c4n3)c2)nc2c1c1ncccc1c1ccccc12. The monoisotopic (exact) mass is 1180 g/mol. The van der Waals surface area contributed by atoms with Crippen molar-refractivity contribution in [2.24, 2.45) is 0 Å². The molecular formula is C72H39IrN6. The van der Waals surface area contributed by atoms with Gasteiger partial charge in [-0.2, -0.15) is 0 Å². The number of pyridine rings is 6. The Morgan fingerprint density at radius 1 is 0.241 bits per heavy atom. The second-order valence-corrected chi connectivity index (χ2v) is 19.8. The fourth-order valence-electron chi connectivity index (χ4n) is 12.0. The number of benzene rings is 10. The molecule has 0 aliphatic heterocycles. The van der Waals surface area contributed by atoms with Crippen LogP contribution in [0.5, 0.6) is 0 Å². The van der Waals surface area contributed by atoms with Crippen molar-refractivity contribution in [3.05, 3.63) is 255 Å². The van der Waals surface area contributed by atoms with Gasteiger partial charge in [0.2, 0.25) is 0 Å². The summed E-state index contributed by atoms with van der Waals surface area (Å²) in [5.41, 5.74) is 16.9. The van der Waals surface area contributed by atoms with Crippen LogP contribution in [0.15, 0.2) is 237 Å². The Hall–Kier alpha value is -9.91. The van der Waals surface area contributed by atoms with E-state index in [9.17, 15) is 0 Å². The number of rotatable bonds is 6. The summed E-state index contributed by atoms with van der Waals surface area (Å²) in [7, 11) is 0. The minimum absolute atomic E-state index is 0. The zero-order valence-corrected chi connectivity index (χ0v) is 44.4. The Morgan fingerprint density at radius 2 is 0.481 bits per heavy atom. The van der Waals surface area contributed by atoms with E-state index in [1.165, 1.54) is 0 Å². The van der Waals surface area contributed by atoms with E-state index in [1.807, 2.05) is 55.0 Å². The molecule has 0 bridgehead atoms. The minimum atomic E-state index is 0. The molecule has 0 amide bonds. The van der Waals surface area contributed by atoms with E-state index in [-0.39, 0.29) is 20.1 Å². The van der Waals surface area contributed by atoms with Crippen molar-refractivity contribution in [2.75, 3.05) is 0 Å². The van der Waals surface area contributed by atoms with Gasteiger partial charge in [0.05, 0.1) is 0 Å². The van der Waals surface area contributed by atoms with E-state index < -0.39 is 0 Å². The van der Waals surface area contributed by atoms with E-state index in [2.05, 4.69) is 200 Å². The Bertz CT molecular complexity index is 4560. The molecule has 6 nitrogen and oxygen atoms in total. The first-order chi connectivity index (χ1) is 38.7. The van der Waals surface area contributed by atoms with Crippen LogP contribution in [0.4, 0.5) is 0 Å². The fraction of sp³-hybridized carbons (Fsp3) is 0. The molecule has 0 radical (unpaired) electrons. The molecular weight excluding hydrogens is 1140 g/mol. The van der Waals surface area contributed by atoms with Gasteiger partial charge in [0.25, 0.3) is 0 Å². The van der Waals surface area contributed by atoms with Gasteiger partial charge in [-0.15, -0.1) is 36.4 Å². The van der Waals surface area contributed by atoms with Crippen LogP contribution in [0.1, 0.15) is 0 Å². The fourth-order valence-corrected chi connectivity index (χ4v) is 12.0. The van der Waals surface area contributed by atoms with Gasteiger partial charge < -0.3 is 29.9 Å². The van der Waals surface area contributed by atoms with Crippen LogP contribution in [0.2, 0.25) is 0 Å². The molecule has 0 atom stereocenters. The van der Waals surface area contributed by atoms with Gasteiger partial charge in [-0.3, -0.25) is 0 Å². The van der Waals surface area contributed by atoms with E-state index in [0.29, 0.717) is 0 Å². The van der Waals surface area contributed by atoms with E-state index in [0.717, 1.165) is 165 Å². The summed E-state index contributed by atoms with van der Waals surface area (Å²) < 4.78 is 0. The first-order valence-electron chi connectivity index (χ1n) is 26.1. The van der Waals surface area contributed by atoms with Crippen LogP contribution < -0.4 is 0 Å². The molecule has 0 saturated heterocycles. The van der Waals surface area contributed by atoms with Crippen LogP contribution in [-0.2, 0) is 20.1 Å². The summed E-state index contributed by atoms with van der Waals surface area (Å²) >= 11 is 0. The van der Waals surface area contributed by atoms with Crippen molar-refractivity contribution in [1.82, 2.24) is 29.9 Å². The molecule has 10 aromatic carbocycles. The number of hydrogen-bond acceptors (Lipinski definition) is 6. The maximum Gasteiger partial charge on any atom is 3.00 e. The van der Waals surface area contributed by atoms with Crippen LogP contribution in [0.25, 0.3) is 165 Å². The summed E-state index contributed by atoms with van der Waals surface area (Å²) in [6.07, 6.45) is 5.54. The van der Waals surface area contributed by atoms with E-state index in [1.54, 1.807) is 0 Å². The van der Waals surface area contributed by atoms with Gasteiger partial charge in [-0.25, -0.2) is 0 Å². The molecule has 79 heavy (non-hydrogen) atoms. The number of nitrogens with zero attached hydrogens (tertiary/aromatic N) is 6. The zero-order valence-electron chi connectivity index (χ0n) is 42.0. The number of aromatic nitrogens is 6. The van der Waals surface area contributed by atoms with Gasteiger partial charge in [0.1, 0.15) is 0 Å². The zero-order chi connectivity index (χ0) is 51.3. The van der Waals surface area contributed by atoms with Gasteiger partial charge >= 0.3 is 20.1 Å². The van der Waals surface area contributed by atoms with Gasteiger partial charge in [-0.05, 0) is 185 Å². The van der Waals surface area contributed by atoms with Crippen LogP contribution in [0, 0.1) is 18.2 Å². The molecule has 7 heteroatoms. The predicted molar refractivity (Wildman–Crippen MR) is 320 cm³/mol. The Labute approximate surface area is 467 Å². The number of hydrogen-bond donors (Lipinski definition) is 0. The average Bonchev–Trinajstić information content (AvgIpc) is 3.67. The molecule has 0 fully saturated rings. The molecule has 16 aromatic rings. The summed E-state index contributed by atoms with van der Waals surface area (Å²) in [6.45, 7) is 0. The Kier molecular flexibility index (Phi) is 11.0. The quantitative estimate of drug-likeness (QED) is 0.122. The Morgan fingerprint density at radius 3 is 0.785 bits per heavy atom. The van der Waals surface area contributed by atoms with E-state index in [4.69, 9.17) is 29.9 Å². The van der Waals surface area contributed by atoms with E-state index >= 15 is 0 Å². The molecule has 0 N–H and O–H groups in total. The summed E-state index contributed by atoms with van der Waals surface area (Å²) in [5.74, 6) is 0. The molecule has 0 saturated carbocycles. The van der Waals surface area contributed by atoms with Crippen molar-refractivity contribution in [3.63, 3.8) is 0 Å². The van der Waals surface area contributed by atoms with Crippen LogP contribution in [0.3, 0.4) is 0 Å². The number of fused-ring (bicyclic) bond motifs is 18. The normalized spacial score (nSPS) is 11.7. The second-order valence-electron chi connectivity index (χ2n) is 19.8. The second kappa shape index (κ2) is 18.7. The van der Waals surface area contributed by atoms with Crippen LogP contribution in [-0.4, -0.2) is 29.9 Å². The van der Waals surface area contributed by atoms with Gasteiger partial charge in [0, 0.05) is 18.6 Å². The minimum Gasteiger partial charge on any atom is -0.343 e. The van der Waals surface area contributed by atoms with Crippen LogP contribution >= 0.6 is 0 Å². The standard InChI is InChI=1S/C72H39N6.Ir/c1-7-22-52(64-34-31-61-67-55(28-13-37-73-67)49-19-4-10-25-58(49)70(61)76-64)46(16-1)43-40-44(47-17-2-8-23-53(47)65-35-32-62-68-56(29-14-38-74-68)50-20-5-11-26-59(50)71(62)77-65)42-45(41-43)48-18-3-9-24-54(48)66-36-33-63-69-57(30-15-39-75-69)51-21-6-12-27-60(51)72(63)78-66;/h1-30,34-42H;/q-3;+3. The largest absolute Gasteiger partial charge is 3.00 e. The molecule has 6 heterocycles. The summed E-state index contributed by atoms with van der Waals surface area (Å²) in [6, 6.07) is 87.5. The maximum atomic E-state index is 5.51. The third kappa shape index (κ3) is 7.43. The third-order valence-corrected chi connectivity index (χ3v) is 15.5. The maximum absolute atomic E-state index is 5.51. The van der Waals surface area contributed by atoms with Crippen molar-refractivity contribution in [3.8, 4) is 67.2 Å². The predicted octanol–water partition coefficient (Wildman–Crippen LogP) is 17.8. The molecule has 16 rings (SSSR count). The van der Waals surface area contributed by atoms with Crippen molar-refractivity contribution >= 4 is 97.7 Å². The molecule has 0 spiro atoms. The van der Waals surface area contributed by atoms with Gasteiger partial charge in [-0.1, -0.05) is 180 Å². The molecule has 0 aliphatic rings. The van der Waals surface area contributed by atoms with Crippen molar-refractivity contribution < 1.29 is 20.1 Å². The van der Waals surface area contributed by atoms with Gasteiger partial charge in [0.15, 0.2) is 0 Å². The first kappa shape index (κ1) is 46.4. The first-order valence-corrected chi connectivity index (χ1v) is 26.1. The molecule has 0 aliphatic carbocycles. The molecule has 366 valence electrons. The average molecular weight is 1180 g/mol. The molecule has 0 unspecified atom stereocenters. The summed E-state index contributed by atoms with van der Waals surface area (Å²) in [4.78, 5) is 31.1. The van der Waals surface area contributed by atoms with Crippen molar-refractivity contribution in [1.29, 1.82) is 0 Å².